The van der Waals surface area contributed by atoms with Gasteiger partial charge < -0.3 is 5.32 Å². The zero-order chi connectivity index (χ0) is 12.5. The fraction of sp³-hybridized carbons (Fsp3) is 0.769. The van der Waals surface area contributed by atoms with E-state index in [1.807, 2.05) is 11.3 Å². The maximum Gasteiger partial charge on any atom is 0.111 e. The zero-order valence-corrected chi connectivity index (χ0v) is 12.7. The summed E-state index contributed by atoms with van der Waals surface area (Å²) in [6.07, 6.45) is 3.77. The first kappa shape index (κ1) is 12.9. The van der Waals surface area contributed by atoms with Crippen LogP contribution in [0.4, 0.5) is 0 Å². The molecule has 3 nitrogen and oxygen atoms in total. The Bertz CT molecular complexity index is 418. The molecule has 2 unspecified atom stereocenters. The number of hydrogen-bond donors (Lipinski definition) is 1. The van der Waals surface area contributed by atoms with Crippen LogP contribution in [0.1, 0.15) is 40.5 Å². The minimum absolute atomic E-state index is 0.486. The summed E-state index contributed by atoms with van der Waals surface area (Å²) in [6.45, 7) is 1.19. The van der Waals surface area contributed by atoms with Gasteiger partial charge in [-0.05, 0) is 33.4 Å². The van der Waals surface area contributed by atoms with Crippen LogP contribution < -0.4 is 5.32 Å². The topological polar surface area (TPSA) is 28.2 Å². The van der Waals surface area contributed by atoms with Crippen LogP contribution in [-0.2, 0) is 6.42 Å². The molecule has 0 radical (unpaired) electrons. The van der Waals surface area contributed by atoms with Gasteiger partial charge >= 0.3 is 0 Å². The van der Waals surface area contributed by atoms with Crippen molar-refractivity contribution in [1.29, 1.82) is 0 Å². The molecule has 100 valence electrons. The lowest BCUT2D eigenvalue weighted by Gasteiger charge is -2.30. The molecule has 1 aromatic heterocycles. The second kappa shape index (κ2) is 5.49. The monoisotopic (exact) mass is 283 g/mol. The summed E-state index contributed by atoms with van der Waals surface area (Å²) < 4.78 is 0. The average molecular weight is 283 g/mol. The van der Waals surface area contributed by atoms with Crippen molar-refractivity contribution in [3.8, 4) is 0 Å². The lowest BCUT2D eigenvalue weighted by molar-refractivity contribution is 0.273. The van der Waals surface area contributed by atoms with Crippen molar-refractivity contribution in [2.75, 3.05) is 32.1 Å². The Morgan fingerprint density at radius 1 is 1.44 bits per heavy atom. The standard InChI is InChI=1S/C13H21N3S2/c1-14-9-4-3-5-11-12(9)15-13(18-11)10-8-17-7-6-16(10)2/h9-10,14H,3-8H2,1-2H3. The van der Waals surface area contributed by atoms with Crippen molar-refractivity contribution in [2.45, 2.75) is 31.3 Å². The molecule has 3 rings (SSSR count). The van der Waals surface area contributed by atoms with Gasteiger partial charge in [-0.3, -0.25) is 4.90 Å². The van der Waals surface area contributed by atoms with Crippen LogP contribution in [0.25, 0.3) is 0 Å². The quantitative estimate of drug-likeness (QED) is 0.902. The van der Waals surface area contributed by atoms with Crippen LogP contribution in [0.5, 0.6) is 0 Å². The molecule has 5 heteroatoms. The molecule has 1 aliphatic heterocycles. The molecule has 0 saturated carbocycles. The predicted molar refractivity (Wildman–Crippen MR) is 79.5 cm³/mol. The van der Waals surface area contributed by atoms with E-state index in [-0.39, 0.29) is 0 Å². The lowest BCUT2D eigenvalue weighted by atomic mass is 9.98. The minimum Gasteiger partial charge on any atom is -0.312 e. The maximum absolute atomic E-state index is 4.98. The van der Waals surface area contributed by atoms with E-state index in [2.05, 4.69) is 36.1 Å². The number of fused-ring (bicyclic) bond motifs is 1. The summed E-state index contributed by atoms with van der Waals surface area (Å²) in [5, 5.41) is 4.76. The van der Waals surface area contributed by atoms with Crippen LogP contribution in [0.3, 0.4) is 0 Å². The number of aromatic nitrogens is 1. The van der Waals surface area contributed by atoms with Crippen molar-refractivity contribution in [1.82, 2.24) is 15.2 Å². The van der Waals surface area contributed by atoms with Crippen molar-refractivity contribution in [3.05, 3.63) is 15.6 Å². The highest BCUT2D eigenvalue weighted by molar-refractivity contribution is 7.99. The highest BCUT2D eigenvalue weighted by Crippen LogP contribution is 2.38. The van der Waals surface area contributed by atoms with E-state index in [9.17, 15) is 0 Å². The molecule has 2 heterocycles. The van der Waals surface area contributed by atoms with Crippen molar-refractivity contribution in [2.24, 2.45) is 0 Å². The molecule has 1 aromatic rings. The average Bonchev–Trinajstić information content (AvgIpc) is 2.82. The first-order valence-electron chi connectivity index (χ1n) is 6.74. The fourth-order valence-electron chi connectivity index (χ4n) is 2.81. The number of nitrogens with one attached hydrogen (secondary N) is 1. The van der Waals surface area contributed by atoms with Crippen LogP contribution in [0.2, 0.25) is 0 Å². The molecule has 0 spiro atoms. The molecule has 1 aliphatic carbocycles. The second-order valence-corrected chi connectivity index (χ2v) is 7.43. The van der Waals surface area contributed by atoms with Gasteiger partial charge in [0.25, 0.3) is 0 Å². The van der Waals surface area contributed by atoms with Crippen LogP contribution >= 0.6 is 23.1 Å². The Hall–Kier alpha value is -0.100. The minimum atomic E-state index is 0.486. The van der Waals surface area contributed by atoms with Crippen molar-refractivity contribution < 1.29 is 0 Å². The van der Waals surface area contributed by atoms with Gasteiger partial charge in [-0.25, -0.2) is 4.98 Å². The van der Waals surface area contributed by atoms with E-state index < -0.39 is 0 Å². The summed E-state index contributed by atoms with van der Waals surface area (Å²) in [6, 6.07) is 1.03. The fourth-order valence-corrected chi connectivity index (χ4v) is 5.47. The van der Waals surface area contributed by atoms with E-state index in [1.165, 1.54) is 52.9 Å². The third-order valence-electron chi connectivity index (χ3n) is 4.00. The summed E-state index contributed by atoms with van der Waals surface area (Å²) >= 11 is 4.02. The predicted octanol–water partition coefficient (Wildman–Crippen LogP) is 2.46. The Morgan fingerprint density at radius 3 is 3.11 bits per heavy atom. The Kier molecular flexibility index (Phi) is 3.94. The molecular weight excluding hydrogens is 262 g/mol. The summed E-state index contributed by atoms with van der Waals surface area (Å²) in [5.41, 5.74) is 1.34. The number of rotatable bonds is 2. The molecule has 2 aliphatic rings. The molecule has 0 aromatic carbocycles. The molecular formula is C13H21N3S2. The van der Waals surface area contributed by atoms with E-state index in [0.29, 0.717) is 12.1 Å². The first-order valence-corrected chi connectivity index (χ1v) is 8.71. The Morgan fingerprint density at radius 2 is 2.33 bits per heavy atom. The van der Waals surface area contributed by atoms with Gasteiger partial charge in [0.05, 0.1) is 17.8 Å². The molecule has 1 saturated heterocycles. The van der Waals surface area contributed by atoms with Gasteiger partial charge in [0.2, 0.25) is 0 Å². The summed E-state index contributed by atoms with van der Waals surface area (Å²) in [7, 11) is 4.29. The van der Waals surface area contributed by atoms with E-state index in [1.54, 1.807) is 0 Å². The normalized spacial score (nSPS) is 29.2. The first-order chi connectivity index (χ1) is 8.79. The molecule has 18 heavy (non-hydrogen) atoms. The van der Waals surface area contributed by atoms with Gasteiger partial charge in [-0.15, -0.1) is 11.3 Å². The Labute approximate surface area is 117 Å². The van der Waals surface area contributed by atoms with Gasteiger partial charge in [0.1, 0.15) is 5.01 Å². The Balaban J connectivity index is 1.87. The van der Waals surface area contributed by atoms with Gasteiger partial charge in [-0.1, -0.05) is 0 Å². The van der Waals surface area contributed by atoms with E-state index in [0.717, 1.165) is 0 Å². The van der Waals surface area contributed by atoms with Gasteiger partial charge in [0, 0.05) is 22.9 Å². The van der Waals surface area contributed by atoms with Crippen LogP contribution in [0.15, 0.2) is 0 Å². The number of nitrogens with zero attached hydrogens (tertiary/aromatic N) is 2. The molecule has 1 N–H and O–H groups in total. The summed E-state index contributed by atoms with van der Waals surface area (Å²) in [4.78, 5) is 8.97. The number of aryl methyl sites for hydroxylation is 1. The van der Waals surface area contributed by atoms with E-state index in [4.69, 9.17) is 4.98 Å². The molecule has 0 bridgehead atoms. The number of thioether (sulfide) groups is 1. The van der Waals surface area contributed by atoms with E-state index >= 15 is 0 Å². The van der Waals surface area contributed by atoms with Crippen molar-refractivity contribution in [3.63, 3.8) is 0 Å². The third-order valence-corrected chi connectivity index (χ3v) is 6.26. The molecule has 2 atom stereocenters. The smallest absolute Gasteiger partial charge is 0.111 e. The zero-order valence-electron chi connectivity index (χ0n) is 11.1. The van der Waals surface area contributed by atoms with Gasteiger partial charge in [0.15, 0.2) is 0 Å². The molecule has 0 amide bonds. The largest absolute Gasteiger partial charge is 0.312 e. The second-order valence-electron chi connectivity index (χ2n) is 5.17. The third kappa shape index (κ3) is 2.33. The SMILES string of the molecule is CNC1CCCc2sc(C3CSCCN3C)nc21. The maximum atomic E-state index is 4.98. The number of thiazole rings is 1. The lowest BCUT2D eigenvalue weighted by Crippen LogP contribution is -2.32. The highest BCUT2D eigenvalue weighted by Gasteiger charge is 2.29. The summed E-state index contributed by atoms with van der Waals surface area (Å²) in [5.74, 6) is 2.46. The van der Waals surface area contributed by atoms with Crippen molar-refractivity contribution >= 4 is 23.1 Å². The van der Waals surface area contributed by atoms with Crippen LogP contribution in [-0.4, -0.2) is 42.0 Å². The highest BCUT2D eigenvalue weighted by atomic mass is 32.2. The number of hydrogen-bond acceptors (Lipinski definition) is 5. The molecule has 1 fully saturated rings. The van der Waals surface area contributed by atoms with Gasteiger partial charge in [-0.2, -0.15) is 11.8 Å². The van der Waals surface area contributed by atoms with Crippen LogP contribution in [0, 0.1) is 0 Å².